The predicted octanol–water partition coefficient (Wildman–Crippen LogP) is 4.19. The fourth-order valence-corrected chi connectivity index (χ4v) is 2.47. The van der Waals surface area contributed by atoms with Crippen LogP contribution in [-0.2, 0) is 13.0 Å². The molecule has 4 heteroatoms. The van der Waals surface area contributed by atoms with Crippen molar-refractivity contribution in [3.05, 3.63) is 78.1 Å². The zero-order valence-electron chi connectivity index (χ0n) is 12.5. The first kappa shape index (κ1) is 14.3. The minimum atomic E-state index is -0.249. The number of hydrogen-bond donors (Lipinski definition) is 1. The van der Waals surface area contributed by atoms with E-state index in [1.807, 2.05) is 18.2 Å². The summed E-state index contributed by atoms with van der Waals surface area (Å²) in [7, 11) is 0. The van der Waals surface area contributed by atoms with Gasteiger partial charge in [-0.1, -0.05) is 31.2 Å². The molecule has 3 rings (SSSR count). The number of anilines is 1. The first-order chi connectivity index (χ1) is 10.8. The van der Waals surface area contributed by atoms with E-state index in [1.54, 1.807) is 35.4 Å². The van der Waals surface area contributed by atoms with E-state index in [9.17, 15) is 4.39 Å². The summed E-state index contributed by atoms with van der Waals surface area (Å²) in [5.41, 5.74) is 3.78. The lowest BCUT2D eigenvalue weighted by Gasteiger charge is -2.12. The third kappa shape index (κ3) is 3.01. The van der Waals surface area contributed by atoms with Gasteiger partial charge in [-0.2, -0.15) is 0 Å². The van der Waals surface area contributed by atoms with Gasteiger partial charge in [-0.25, -0.2) is 9.37 Å². The van der Waals surface area contributed by atoms with E-state index in [0.717, 1.165) is 17.7 Å². The Morgan fingerprint density at radius 1 is 1.18 bits per heavy atom. The Bertz CT molecular complexity index is 751. The maximum Gasteiger partial charge on any atom is 0.147 e. The molecular weight excluding hydrogens is 277 g/mol. The number of aryl methyl sites for hydroxylation is 1. The van der Waals surface area contributed by atoms with E-state index in [4.69, 9.17) is 0 Å². The maximum atomic E-state index is 14.2. The van der Waals surface area contributed by atoms with Gasteiger partial charge in [0.1, 0.15) is 5.82 Å². The van der Waals surface area contributed by atoms with Crippen LogP contribution in [0.4, 0.5) is 10.1 Å². The molecule has 2 aromatic carbocycles. The van der Waals surface area contributed by atoms with Crippen LogP contribution in [0.3, 0.4) is 0 Å². The van der Waals surface area contributed by atoms with Gasteiger partial charge in [-0.15, -0.1) is 0 Å². The highest BCUT2D eigenvalue weighted by Crippen LogP contribution is 2.19. The van der Waals surface area contributed by atoms with Gasteiger partial charge >= 0.3 is 0 Å². The molecule has 3 aromatic rings. The summed E-state index contributed by atoms with van der Waals surface area (Å²) in [6, 6.07) is 13.5. The predicted molar refractivity (Wildman–Crippen MR) is 86.7 cm³/mol. The van der Waals surface area contributed by atoms with Gasteiger partial charge in [0.05, 0.1) is 12.0 Å². The lowest BCUT2D eigenvalue weighted by atomic mass is 10.1. The topological polar surface area (TPSA) is 29.9 Å². The van der Waals surface area contributed by atoms with Crippen molar-refractivity contribution in [2.45, 2.75) is 19.9 Å². The second-order valence-corrected chi connectivity index (χ2v) is 5.12. The van der Waals surface area contributed by atoms with Crippen LogP contribution in [0.15, 0.2) is 61.2 Å². The van der Waals surface area contributed by atoms with Gasteiger partial charge in [-0.3, -0.25) is 0 Å². The van der Waals surface area contributed by atoms with Crippen LogP contribution in [0.5, 0.6) is 0 Å². The second-order valence-electron chi connectivity index (χ2n) is 5.12. The van der Waals surface area contributed by atoms with Gasteiger partial charge in [0, 0.05) is 24.6 Å². The second kappa shape index (κ2) is 6.43. The summed E-state index contributed by atoms with van der Waals surface area (Å²) in [5, 5.41) is 3.38. The van der Waals surface area contributed by atoms with E-state index in [1.165, 1.54) is 5.56 Å². The molecule has 0 fully saturated rings. The van der Waals surface area contributed by atoms with Crippen LogP contribution < -0.4 is 5.32 Å². The van der Waals surface area contributed by atoms with Crippen molar-refractivity contribution in [2.24, 2.45) is 0 Å². The Morgan fingerprint density at radius 2 is 2.05 bits per heavy atom. The molecule has 3 nitrogen and oxygen atoms in total. The van der Waals surface area contributed by atoms with E-state index in [0.29, 0.717) is 12.2 Å². The molecule has 0 bridgehead atoms. The average Bonchev–Trinajstić information content (AvgIpc) is 3.07. The van der Waals surface area contributed by atoms with Crippen molar-refractivity contribution in [3.8, 4) is 5.69 Å². The van der Waals surface area contributed by atoms with Crippen molar-refractivity contribution in [1.29, 1.82) is 0 Å². The summed E-state index contributed by atoms with van der Waals surface area (Å²) in [4.78, 5) is 3.94. The minimum absolute atomic E-state index is 0.249. The number of nitrogens with one attached hydrogen (secondary N) is 1. The van der Waals surface area contributed by atoms with Crippen LogP contribution in [0.2, 0.25) is 0 Å². The fraction of sp³-hybridized carbons (Fsp3) is 0.167. The summed E-state index contributed by atoms with van der Waals surface area (Å²) in [6.45, 7) is 2.72. The standard InChI is InChI=1S/C18H18FN3/c1-2-15-5-3-4-6-17(15)21-12-14-7-8-18(16(19)11-14)22-10-9-20-13-22/h3-11,13,21H,2,12H2,1H3. The summed E-state index contributed by atoms with van der Waals surface area (Å²) in [5.74, 6) is -0.249. The van der Waals surface area contributed by atoms with Crippen molar-refractivity contribution in [1.82, 2.24) is 9.55 Å². The van der Waals surface area contributed by atoms with E-state index in [2.05, 4.69) is 29.4 Å². The Kier molecular flexibility index (Phi) is 4.19. The van der Waals surface area contributed by atoms with Crippen LogP contribution in [0.25, 0.3) is 5.69 Å². The minimum Gasteiger partial charge on any atom is -0.381 e. The zero-order valence-corrected chi connectivity index (χ0v) is 12.5. The van der Waals surface area contributed by atoms with Crippen LogP contribution in [0.1, 0.15) is 18.1 Å². The molecule has 0 aliphatic carbocycles. The third-order valence-corrected chi connectivity index (χ3v) is 3.68. The first-order valence-electron chi connectivity index (χ1n) is 7.36. The number of nitrogens with zero attached hydrogens (tertiary/aromatic N) is 2. The number of para-hydroxylation sites is 1. The maximum absolute atomic E-state index is 14.2. The number of aromatic nitrogens is 2. The molecule has 22 heavy (non-hydrogen) atoms. The lowest BCUT2D eigenvalue weighted by Crippen LogP contribution is -2.03. The molecule has 0 amide bonds. The average molecular weight is 295 g/mol. The third-order valence-electron chi connectivity index (χ3n) is 3.68. The highest BCUT2D eigenvalue weighted by Gasteiger charge is 2.06. The zero-order chi connectivity index (χ0) is 15.4. The van der Waals surface area contributed by atoms with Crippen molar-refractivity contribution in [3.63, 3.8) is 0 Å². The number of halogens is 1. The van der Waals surface area contributed by atoms with Crippen molar-refractivity contribution < 1.29 is 4.39 Å². The van der Waals surface area contributed by atoms with E-state index < -0.39 is 0 Å². The molecule has 0 radical (unpaired) electrons. The highest BCUT2D eigenvalue weighted by molar-refractivity contribution is 5.51. The molecule has 0 atom stereocenters. The number of hydrogen-bond acceptors (Lipinski definition) is 2. The smallest absolute Gasteiger partial charge is 0.147 e. The van der Waals surface area contributed by atoms with Crippen LogP contribution >= 0.6 is 0 Å². The summed E-state index contributed by atoms with van der Waals surface area (Å²) >= 11 is 0. The molecule has 0 unspecified atom stereocenters. The van der Waals surface area contributed by atoms with Crippen molar-refractivity contribution >= 4 is 5.69 Å². The van der Waals surface area contributed by atoms with Gasteiger partial charge in [0.15, 0.2) is 0 Å². The molecular formula is C18H18FN3. The SMILES string of the molecule is CCc1ccccc1NCc1ccc(-n2ccnc2)c(F)c1. The fourth-order valence-electron chi connectivity index (χ4n) is 2.47. The monoisotopic (exact) mass is 295 g/mol. The van der Waals surface area contributed by atoms with Gasteiger partial charge < -0.3 is 9.88 Å². The molecule has 0 aliphatic heterocycles. The largest absolute Gasteiger partial charge is 0.381 e. The lowest BCUT2D eigenvalue weighted by molar-refractivity contribution is 0.616. The van der Waals surface area contributed by atoms with Gasteiger partial charge in [-0.05, 0) is 35.7 Å². The molecule has 0 saturated carbocycles. The Balaban J connectivity index is 1.75. The Hall–Kier alpha value is -2.62. The summed E-state index contributed by atoms with van der Waals surface area (Å²) in [6.07, 6.45) is 5.93. The molecule has 0 spiro atoms. The molecule has 0 saturated heterocycles. The van der Waals surface area contributed by atoms with Gasteiger partial charge in [0.25, 0.3) is 0 Å². The van der Waals surface area contributed by atoms with Crippen LogP contribution in [-0.4, -0.2) is 9.55 Å². The first-order valence-corrected chi connectivity index (χ1v) is 7.36. The molecule has 1 heterocycles. The number of imidazole rings is 1. The number of rotatable bonds is 5. The van der Waals surface area contributed by atoms with E-state index in [-0.39, 0.29) is 5.82 Å². The summed E-state index contributed by atoms with van der Waals surface area (Å²) < 4.78 is 15.9. The van der Waals surface area contributed by atoms with Crippen molar-refractivity contribution in [2.75, 3.05) is 5.32 Å². The molecule has 1 N–H and O–H groups in total. The molecule has 1 aromatic heterocycles. The normalized spacial score (nSPS) is 10.6. The highest BCUT2D eigenvalue weighted by atomic mass is 19.1. The number of benzene rings is 2. The Labute approximate surface area is 129 Å². The molecule has 112 valence electrons. The molecule has 0 aliphatic rings. The van der Waals surface area contributed by atoms with Gasteiger partial charge in [0.2, 0.25) is 0 Å². The Morgan fingerprint density at radius 3 is 2.77 bits per heavy atom. The van der Waals surface area contributed by atoms with E-state index >= 15 is 0 Å². The quantitative estimate of drug-likeness (QED) is 0.765. The van der Waals surface area contributed by atoms with Crippen LogP contribution in [0, 0.1) is 5.82 Å².